The smallest absolute Gasteiger partial charge is 0.255 e. The molecule has 0 atom stereocenters. The molecule has 0 aliphatic heterocycles. The Labute approximate surface area is 146 Å². The molecule has 0 aromatic heterocycles. The van der Waals surface area contributed by atoms with Crippen molar-refractivity contribution in [1.82, 2.24) is 4.72 Å². The molecule has 130 valence electrons. The van der Waals surface area contributed by atoms with Crippen molar-refractivity contribution in [3.63, 3.8) is 0 Å². The Bertz CT molecular complexity index is 934. The molecule has 0 bridgehead atoms. The van der Waals surface area contributed by atoms with Crippen LogP contribution in [-0.2, 0) is 10.0 Å². The summed E-state index contributed by atoms with van der Waals surface area (Å²) in [6.07, 6.45) is 1.68. The maximum absolute atomic E-state index is 12.4. The first-order valence-electron chi connectivity index (χ1n) is 7.90. The van der Waals surface area contributed by atoms with Crippen molar-refractivity contribution in [2.45, 2.75) is 30.7 Å². The normalized spacial score (nSPS) is 14.1. The molecule has 6 nitrogen and oxygen atoms in total. The highest BCUT2D eigenvalue weighted by atomic mass is 32.2. The number of hydrogen-bond donors (Lipinski definition) is 2. The van der Waals surface area contributed by atoms with Crippen LogP contribution in [0.2, 0.25) is 0 Å². The third-order valence-electron chi connectivity index (χ3n) is 3.83. The van der Waals surface area contributed by atoms with Gasteiger partial charge in [0.2, 0.25) is 10.0 Å². The van der Waals surface area contributed by atoms with Crippen molar-refractivity contribution < 1.29 is 18.0 Å². The second kappa shape index (κ2) is 6.78. The number of benzene rings is 2. The third-order valence-corrected chi connectivity index (χ3v) is 5.35. The van der Waals surface area contributed by atoms with Crippen LogP contribution in [0, 0.1) is 0 Å². The van der Waals surface area contributed by atoms with E-state index in [4.69, 9.17) is 0 Å². The summed E-state index contributed by atoms with van der Waals surface area (Å²) in [5.41, 5.74) is 1.19. The van der Waals surface area contributed by atoms with Gasteiger partial charge in [-0.1, -0.05) is 18.2 Å². The van der Waals surface area contributed by atoms with Crippen LogP contribution < -0.4 is 10.0 Å². The number of Topliss-reactive ketones (excluding diaryl/α,β-unsaturated/α-hetero) is 1. The van der Waals surface area contributed by atoms with Gasteiger partial charge in [0.1, 0.15) is 0 Å². The number of nitrogens with one attached hydrogen (secondary N) is 2. The predicted octanol–water partition coefficient (Wildman–Crippen LogP) is 2.58. The lowest BCUT2D eigenvalue weighted by Crippen LogP contribution is -2.26. The molecule has 2 aromatic rings. The maximum atomic E-state index is 12.4. The number of sulfonamides is 1. The van der Waals surface area contributed by atoms with E-state index >= 15 is 0 Å². The van der Waals surface area contributed by atoms with Gasteiger partial charge < -0.3 is 5.32 Å². The van der Waals surface area contributed by atoms with Crippen LogP contribution in [0.5, 0.6) is 0 Å². The van der Waals surface area contributed by atoms with E-state index in [9.17, 15) is 18.0 Å². The van der Waals surface area contributed by atoms with Crippen LogP contribution in [0.1, 0.15) is 40.5 Å². The number of ketones is 1. The standard InChI is InChI=1S/C18H18N2O4S/c1-12(21)13-4-2-6-16(10-13)19-18(22)14-5-3-7-17(11-14)25(23,24)20-15-8-9-15/h2-7,10-11,15,20H,8-9H2,1H3,(H,19,22). The molecular formula is C18H18N2O4S. The Hall–Kier alpha value is -2.51. The Kier molecular flexibility index (Phi) is 4.69. The van der Waals surface area contributed by atoms with Crippen molar-refractivity contribution in [1.29, 1.82) is 0 Å². The number of hydrogen-bond acceptors (Lipinski definition) is 4. The lowest BCUT2D eigenvalue weighted by atomic mass is 10.1. The van der Waals surface area contributed by atoms with E-state index < -0.39 is 15.9 Å². The molecule has 0 saturated heterocycles. The van der Waals surface area contributed by atoms with Crippen LogP contribution in [0.4, 0.5) is 5.69 Å². The first-order chi connectivity index (χ1) is 11.8. The van der Waals surface area contributed by atoms with E-state index in [1.165, 1.54) is 25.1 Å². The summed E-state index contributed by atoms with van der Waals surface area (Å²) in [6, 6.07) is 12.4. The van der Waals surface area contributed by atoms with Gasteiger partial charge in [-0.2, -0.15) is 0 Å². The van der Waals surface area contributed by atoms with Crippen LogP contribution in [0.3, 0.4) is 0 Å². The monoisotopic (exact) mass is 358 g/mol. The molecule has 0 heterocycles. The Morgan fingerprint density at radius 1 is 1.00 bits per heavy atom. The summed E-state index contributed by atoms with van der Waals surface area (Å²) < 4.78 is 27.1. The molecule has 25 heavy (non-hydrogen) atoms. The fraction of sp³-hybridized carbons (Fsp3) is 0.222. The molecule has 1 aliphatic rings. The van der Waals surface area contributed by atoms with Gasteiger partial charge in [0, 0.05) is 22.9 Å². The SMILES string of the molecule is CC(=O)c1cccc(NC(=O)c2cccc(S(=O)(=O)NC3CC3)c2)c1. The number of carbonyl (C=O) groups is 2. The largest absolute Gasteiger partial charge is 0.322 e. The highest BCUT2D eigenvalue weighted by molar-refractivity contribution is 7.89. The Morgan fingerprint density at radius 2 is 1.68 bits per heavy atom. The Balaban J connectivity index is 1.79. The second-order valence-corrected chi connectivity index (χ2v) is 7.73. The van der Waals surface area contributed by atoms with Gasteiger partial charge in [0.05, 0.1) is 4.90 Å². The molecule has 7 heteroatoms. The molecule has 1 aliphatic carbocycles. The molecule has 3 rings (SSSR count). The van der Waals surface area contributed by atoms with Crippen LogP contribution in [0.15, 0.2) is 53.4 Å². The van der Waals surface area contributed by atoms with E-state index in [0.29, 0.717) is 11.3 Å². The van der Waals surface area contributed by atoms with E-state index in [-0.39, 0.29) is 22.3 Å². The summed E-state index contributed by atoms with van der Waals surface area (Å²) >= 11 is 0. The van der Waals surface area contributed by atoms with Gasteiger partial charge in [-0.15, -0.1) is 0 Å². The van der Waals surface area contributed by atoms with E-state index in [1.54, 1.807) is 30.3 Å². The molecule has 1 amide bonds. The first-order valence-corrected chi connectivity index (χ1v) is 9.38. The number of anilines is 1. The second-order valence-electron chi connectivity index (χ2n) is 6.01. The molecule has 0 radical (unpaired) electrons. The summed E-state index contributed by atoms with van der Waals surface area (Å²) in [4.78, 5) is 23.9. The highest BCUT2D eigenvalue weighted by Crippen LogP contribution is 2.22. The first kappa shape index (κ1) is 17.3. The van der Waals surface area contributed by atoms with Gasteiger partial charge in [-0.25, -0.2) is 13.1 Å². The van der Waals surface area contributed by atoms with Gasteiger partial charge in [0.25, 0.3) is 5.91 Å². The molecule has 1 saturated carbocycles. The summed E-state index contributed by atoms with van der Waals surface area (Å²) in [5, 5.41) is 2.68. The lowest BCUT2D eigenvalue weighted by Gasteiger charge is -2.09. The topological polar surface area (TPSA) is 92.3 Å². The van der Waals surface area contributed by atoms with Crippen LogP contribution in [0.25, 0.3) is 0 Å². The minimum atomic E-state index is -3.62. The third kappa shape index (κ3) is 4.32. The van der Waals surface area contributed by atoms with Crippen molar-refractivity contribution in [3.8, 4) is 0 Å². The minimum Gasteiger partial charge on any atom is -0.322 e. The van der Waals surface area contributed by atoms with E-state index in [0.717, 1.165) is 12.8 Å². The van der Waals surface area contributed by atoms with Gasteiger partial charge in [0.15, 0.2) is 5.78 Å². The minimum absolute atomic E-state index is 0.00296. The Morgan fingerprint density at radius 3 is 2.36 bits per heavy atom. The lowest BCUT2D eigenvalue weighted by molar-refractivity contribution is 0.101. The van der Waals surface area contributed by atoms with Crippen molar-refractivity contribution in [2.75, 3.05) is 5.32 Å². The van der Waals surface area contributed by atoms with Gasteiger partial charge in [-0.05, 0) is 50.1 Å². The van der Waals surface area contributed by atoms with E-state index in [2.05, 4.69) is 10.0 Å². The maximum Gasteiger partial charge on any atom is 0.255 e. The average Bonchev–Trinajstić information content (AvgIpc) is 3.38. The highest BCUT2D eigenvalue weighted by Gasteiger charge is 2.28. The molecule has 0 spiro atoms. The molecule has 2 N–H and O–H groups in total. The molecule has 1 fully saturated rings. The zero-order valence-electron chi connectivity index (χ0n) is 13.7. The summed E-state index contributed by atoms with van der Waals surface area (Å²) in [6.45, 7) is 1.45. The number of rotatable bonds is 6. The average molecular weight is 358 g/mol. The number of amides is 1. The summed E-state index contributed by atoms with van der Waals surface area (Å²) in [5.74, 6) is -0.542. The predicted molar refractivity (Wildman–Crippen MR) is 94.2 cm³/mol. The fourth-order valence-electron chi connectivity index (χ4n) is 2.31. The molecule has 0 unspecified atom stereocenters. The quantitative estimate of drug-likeness (QED) is 0.776. The van der Waals surface area contributed by atoms with E-state index in [1.807, 2.05) is 0 Å². The molecular weight excluding hydrogens is 340 g/mol. The van der Waals surface area contributed by atoms with Crippen LogP contribution in [-0.4, -0.2) is 26.2 Å². The van der Waals surface area contributed by atoms with Crippen molar-refractivity contribution >= 4 is 27.4 Å². The zero-order chi connectivity index (χ0) is 18.0. The number of carbonyl (C=O) groups excluding carboxylic acids is 2. The van der Waals surface area contributed by atoms with Crippen molar-refractivity contribution in [2.24, 2.45) is 0 Å². The zero-order valence-corrected chi connectivity index (χ0v) is 14.5. The van der Waals surface area contributed by atoms with Gasteiger partial charge in [-0.3, -0.25) is 9.59 Å². The fourth-order valence-corrected chi connectivity index (χ4v) is 3.66. The van der Waals surface area contributed by atoms with Gasteiger partial charge >= 0.3 is 0 Å². The molecule has 2 aromatic carbocycles. The van der Waals surface area contributed by atoms with Crippen LogP contribution >= 0.6 is 0 Å². The summed E-state index contributed by atoms with van der Waals surface area (Å²) in [7, 11) is -3.62. The van der Waals surface area contributed by atoms with Crippen molar-refractivity contribution in [3.05, 3.63) is 59.7 Å².